The first-order chi connectivity index (χ1) is 7.11. The molecule has 1 aliphatic rings. The third kappa shape index (κ3) is 3.47. The van der Waals surface area contributed by atoms with Gasteiger partial charge in [-0.25, -0.2) is 0 Å². The van der Waals surface area contributed by atoms with Gasteiger partial charge in [-0.05, 0) is 19.8 Å². The van der Waals surface area contributed by atoms with Crippen LogP contribution in [0.15, 0.2) is 0 Å². The zero-order valence-corrected chi connectivity index (χ0v) is 9.84. The second-order valence-corrected chi connectivity index (χ2v) is 4.43. The van der Waals surface area contributed by atoms with E-state index in [0.29, 0.717) is 13.2 Å². The van der Waals surface area contributed by atoms with Crippen molar-refractivity contribution >= 4 is 5.91 Å². The van der Waals surface area contributed by atoms with Crippen LogP contribution in [0.1, 0.15) is 26.2 Å². The topological polar surface area (TPSA) is 47.6 Å². The van der Waals surface area contributed by atoms with Crippen molar-refractivity contribution in [1.29, 1.82) is 0 Å². The average molecular weight is 215 g/mol. The van der Waals surface area contributed by atoms with Crippen LogP contribution in [0.3, 0.4) is 0 Å². The quantitative estimate of drug-likeness (QED) is 0.717. The van der Waals surface area contributed by atoms with Crippen LogP contribution in [0.2, 0.25) is 0 Å². The van der Waals surface area contributed by atoms with E-state index in [9.17, 15) is 4.79 Å². The van der Waals surface area contributed by atoms with Crippen LogP contribution in [-0.2, 0) is 14.3 Å². The molecule has 0 spiro atoms. The van der Waals surface area contributed by atoms with E-state index >= 15 is 0 Å². The summed E-state index contributed by atoms with van der Waals surface area (Å²) in [5, 5.41) is 2.92. The molecule has 1 amide bonds. The van der Waals surface area contributed by atoms with Gasteiger partial charge in [-0.15, -0.1) is 0 Å². The first-order valence-electron chi connectivity index (χ1n) is 5.43. The smallest absolute Gasteiger partial charge is 0.223 e. The van der Waals surface area contributed by atoms with Gasteiger partial charge in [-0.1, -0.05) is 6.42 Å². The number of hydrogen-bond acceptors (Lipinski definition) is 3. The van der Waals surface area contributed by atoms with Gasteiger partial charge in [0.15, 0.2) is 0 Å². The number of nitrogens with one attached hydrogen (secondary N) is 1. The van der Waals surface area contributed by atoms with Gasteiger partial charge in [0.2, 0.25) is 5.91 Å². The van der Waals surface area contributed by atoms with Crippen LogP contribution < -0.4 is 5.32 Å². The zero-order chi connectivity index (χ0) is 11.3. The molecule has 1 N–H and O–H groups in total. The normalized spacial score (nSPS) is 20.5. The maximum Gasteiger partial charge on any atom is 0.223 e. The lowest BCUT2D eigenvalue weighted by atomic mass is 9.84. The van der Waals surface area contributed by atoms with E-state index in [1.54, 1.807) is 14.2 Å². The molecule has 0 radical (unpaired) electrons. The summed E-state index contributed by atoms with van der Waals surface area (Å²) >= 11 is 0. The van der Waals surface area contributed by atoms with Crippen LogP contribution in [0, 0.1) is 5.92 Å². The van der Waals surface area contributed by atoms with Gasteiger partial charge in [0.05, 0.1) is 6.61 Å². The van der Waals surface area contributed by atoms with Crippen LogP contribution in [0.4, 0.5) is 0 Å². The largest absolute Gasteiger partial charge is 0.382 e. The van der Waals surface area contributed by atoms with E-state index < -0.39 is 5.60 Å². The SMILES string of the molecule is COC[C@](C)(CNC(=O)C1CCC1)OC. The van der Waals surface area contributed by atoms with Gasteiger partial charge in [0.25, 0.3) is 0 Å². The van der Waals surface area contributed by atoms with Crippen molar-refractivity contribution in [2.45, 2.75) is 31.8 Å². The van der Waals surface area contributed by atoms with Gasteiger partial charge >= 0.3 is 0 Å². The average Bonchev–Trinajstić information content (AvgIpc) is 2.13. The van der Waals surface area contributed by atoms with Crippen LogP contribution >= 0.6 is 0 Å². The van der Waals surface area contributed by atoms with E-state index in [0.717, 1.165) is 12.8 Å². The Labute approximate surface area is 91.3 Å². The Bertz CT molecular complexity index is 216. The fourth-order valence-corrected chi connectivity index (χ4v) is 1.58. The summed E-state index contributed by atoms with van der Waals surface area (Å²) in [6.45, 7) is 2.92. The number of amides is 1. The Balaban J connectivity index is 2.29. The molecule has 15 heavy (non-hydrogen) atoms. The third-order valence-corrected chi connectivity index (χ3v) is 3.05. The maximum atomic E-state index is 11.6. The lowest BCUT2D eigenvalue weighted by molar-refractivity contribution is -0.129. The van der Waals surface area contributed by atoms with Crippen molar-refractivity contribution < 1.29 is 14.3 Å². The molecule has 4 heteroatoms. The van der Waals surface area contributed by atoms with Gasteiger partial charge < -0.3 is 14.8 Å². The maximum absolute atomic E-state index is 11.6. The van der Waals surface area contributed by atoms with Crippen molar-refractivity contribution in [3.8, 4) is 0 Å². The fraction of sp³-hybridized carbons (Fsp3) is 0.909. The number of hydrogen-bond donors (Lipinski definition) is 1. The standard InChI is InChI=1S/C11H21NO3/c1-11(15-3,8-14-2)7-12-10(13)9-5-4-6-9/h9H,4-8H2,1-3H3,(H,12,13)/t11-/m0/s1. The molecule has 0 heterocycles. The van der Waals surface area contributed by atoms with Gasteiger partial charge in [-0.3, -0.25) is 4.79 Å². The third-order valence-electron chi connectivity index (χ3n) is 3.05. The summed E-state index contributed by atoms with van der Waals surface area (Å²) in [5.41, 5.74) is -0.422. The number of ether oxygens (including phenoxy) is 2. The van der Waals surface area contributed by atoms with Gasteiger partial charge in [0.1, 0.15) is 5.60 Å². The van der Waals surface area contributed by atoms with Gasteiger partial charge in [-0.2, -0.15) is 0 Å². The molecule has 1 rings (SSSR count). The first kappa shape index (κ1) is 12.5. The van der Waals surface area contributed by atoms with Crippen molar-refractivity contribution in [3.05, 3.63) is 0 Å². The molecule has 1 fully saturated rings. The second kappa shape index (κ2) is 5.47. The Morgan fingerprint density at radius 2 is 2.13 bits per heavy atom. The molecule has 0 saturated heterocycles. The Kier molecular flexibility index (Phi) is 4.54. The monoisotopic (exact) mass is 215 g/mol. The van der Waals surface area contributed by atoms with Crippen LogP contribution in [0.25, 0.3) is 0 Å². The molecule has 0 aromatic rings. The van der Waals surface area contributed by atoms with Crippen LogP contribution in [0.5, 0.6) is 0 Å². The Hall–Kier alpha value is -0.610. The fourth-order valence-electron chi connectivity index (χ4n) is 1.58. The number of carbonyl (C=O) groups excluding carboxylic acids is 1. The number of carbonyl (C=O) groups is 1. The molecule has 0 aliphatic heterocycles. The summed E-state index contributed by atoms with van der Waals surface area (Å²) in [7, 11) is 3.26. The highest BCUT2D eigenvalue weighted by molar-refractivity contribution is 5.79. The molecule has 0 unspecified atom stereocenters. The van der Waals surface area contributed by atoms with Crippen molar-refractivity contribution in [2.24, 2.45) is 5.92 Å². The van der Waals surface area contributed by atoms with E-state index in [2.05, 4.69) is 5.32 Å². The van der Waals surface area contributed by atoms with E-state index in [-0.39, 0.29) is 11.8 Å². The zero-order valence-electron chi connectivity index (χ0n) is 9.84. The van der Waals surface area contributed by atoms with Gasteiger partial charge in [0, 0.05) is 26.7 Å². The number of rotatable bonds is 6. The summed E-state index contributed by atoms with van der Waals surface area (Å²) in [4.78, 5) is 11.6. The van der Waals surface area contributed by atoms with Crippen molar-refractivity contribution in [3.63, 3.8) is 0 Å². The molecule has 0 aromatic carbocycles. The lowest BCUT2D eigenvalue weighted by Crippen LogP contribution is -2.47. The lowest BCUT2D eigenvalue weighted by Gasteiger charge is -2.30. The Morgan fingerprint density at radius 3 is 2.53 bits per heavy atom. The highest BCUT2D eigenvalue weighted by Gasteiger charge is 2.29. The molecule has 4 nitrogen and oxygen atoms in total. The molecule has 1 atom stereocenters. The highest BCUT2D eigenvalue weighted by atomic mass is 16.5. The van der Waals surface area contributed by atoms with E-state index in [4.69, 9.17) is 9.47 Å². The minimum Gasteiger partial charge on any atom is -0.382 e. The Morgan fingerprint density at radius 1 is 1.47 bits per heavy atom. The predicted molar refractivity (Wildman–Crippen MR) is 57.6 cm³/mol. The molecule has 1 saturated carbocycles. The highest BCUT2D eigenvalue weighted by Crippen LogP contribution is 2.26. The van der Waals surface area contributed by atoms with E-state index in [1.165, 1.54) is 6.42 Å². The molecule has 0 bridgehead atoms. The molecule has 88 valence electrons. The summed E-state index contributed by atoms with van der Waals surface area (Å²) in [5.74, 6) is 0.384. The summed E-state index contributed by atoms with van der Waals surface area (Å²) in [6, 6.07) is 0. The minimum absolute atomic E-state index is 0.153. The van der Waals surface area contributed by atoms with E-state index in [1.807, 2.05) is 6.92 Å². The summed E-state index contributed by atoms with van der Waals surface area (Å²) in [6.07, 6.45) is 3.23. The summed E-state index contributed by atoms with van der Waals surface area (Å²) < 4.78 is 10.4. The van der Waals surface area contributed by atoms with Crippen molar-refractivity contribution in [2.75, 3.05) is 27.4 Å². The predicted octanol–water partition coefficient (Wildman–Crippen LogP) is 0.954. The van der Waals surface area contributed by atoms with Crippen molar-refractivity contribution in [1.82, 2.24) is 5.32 Å². The number of methoxy groups -OCH3 is 2. The molecular weight excluding hydrogens is 194 g/mol. The van der Waals surface area contributed by atoms with Crippen LogP contribution in [-0.4, -0.2) is 38.9 Å². The minimum atomic E-state index is -0.422. The molecule has 1 aliphatic carbocycles. The molecular formula is C11H21NO3. The second-order valence-electron chi connectivity index (χ2n) is 4.43. The first-order valence-corrected chi connectivity index (χ1v) is 5.43. The molecule has 0 aromatic heterocycles.